The van der Waals surface area contributed by atoms with Crippen molar-refractivity contribution in [2.24, 2.45) is 5.92 Å². The summed E-state index contributed by atoms with van der Waals surface area (Å²) in [5, 5.41) is 2.88. The summed E-state index contributed by atoms with van der Waals surface area (Å²) in [4.78, 5) is 23.2. The molecule has 0 heterocycles. The molecule has 0 aliphatic heterocycles. The van der Waals surface area contributed by atoms with Crippen LogP contribution in [-0.4, -0.2) is 23.5 Å². The minimum atomic E-state index is -0.459. The van der Waals surface area contributed by atoms with Gasteiger partial charge in [-0.25, -0.2) is 4.79 Å². The number of hydrogen-bond donors (Lipinski definition) is 1. The first-order valence-electron chi connectivity index (χ1n) is 6.84. The van der Waals surface area contributed by atoms with Crippen molar-refractivity contribution in [3.05, 3.63) is 0 Å². The predicted molar refractivity (Wildman–Crippen MR) is 70.4 cm³/mol. The number of amides is 1. The number of rotatable bonds is 3. The number of nitrogens with one attached hydrogen (secondary N) is 1. The number of ether oxygens (including phenoxy) is 1. The molecular formula is C14H25NO3. The molecule has 0 bridgehead atoms. The van der Waals surface area contributed by atoms with E-state index in [1.54, 1.807) is 0 Å². The number of ketones is 1. The zero-order valence-electron chi connectivity index (χ0n) is 11.9. The van der Waals surface area contributed by atoms with Crippen LogP contribution in [0.4, 0.5) is 4.79 Å². The second-order valence-electron chi connectivity index (χ2n) is 6.01. The van der Waals surface area contributed by atoms with Crippen LogP contribution in [0.5, 0.6) is 0 Å². The van der Waals surface area contributed by atoms with Crippen molar-refractivity contribution in [2.75, 3.05) is 0 Å². The van der Waals surface area contributed by atoms with E-state index in [2.05, 4.69) is 5.32 Å². The molecule has 0 aromatic heterocycles. The first-order chi connectivity index (χ1) is 8.31. The summed E-state index contributed by atoms with van der Waals surface area (Å²) in [7, 11) is 0. The minimum Gasteiger partial charge on any atom is -0.444 e. The fraction of sp³-hybridized carbons (Fsp3) is 0.857. The van der Waals surface area contributed by atoms with Crippen LogP contribution in [0.1, 0.15) is 59.8 Å². The molecule has 0 unspecified atom stereocenters. The van der Waals surface area contributed by atoms with Gasteiger partial charge < -0.3 is 10.1 Å². The number of carbonyl (C=O) groups excluding carboxylic acids is 2. The fourth-order valence-electron chi connectivity index (χ4n) is 2.32. The summed E-state index contributed by atoms with van der Waals surface area (Å²) in [6.07, 6.45) is 3.77. The standard InChI is InChI=1S/C14H25NO3/c1-5-12(16)10-6-8-11(9-7-10)15-13(17)18-14(2,3)4/h10-11H,5-9H2,1-4H3,(H,15,17)/t10-,11-. The van der Waals surface area contributed by atoms with Crippen molar-refractivity contribution in [1.29, 1.82) is 0 Å². The summed E-state index contributed by atoms with van der Waals surface area (Å²) in [5.74, 6) is 0.553. The maximum Gasteiger partial charge on any atom is 0.407 e. The van der Waals surface area contributed by atoms with Crippen molar-refractivity contribution in [3.63, 3.8) is 0 Å². The summed E-state index contributed by atoms with van der Waals surface area (Å²) in [5.41, 5.74) is -0.459. The van der Waals surface area contributed by atoms with Gasteiger partial charge in [0, 0.05) is 18.4 Å². The molecular weight excluding hydrogens is 230 g/mol. The molecule has 1 saturated carbocycles. The Morgan fingerprint density at radius 1 is 1.17 bits per heavy atom. The normalized spacial score (nSPS) is 24.4. The second kappa shape index (κ2) is 6.21. The highest BCUT2D eigenvalue weighted by molar-refractivity contribution is 5.80. The van der Waals surface area contributed by atoms with Gasteiger partial charge in [0.05, 0.1) is 0 Å². The van der Waals surface area contributed by atoms with Gasteiger partial charge in [-0.2, -0.15) is 0 Å². The molecule has 4 nitrogen and oxygen atoms in total. The maximum absolute atomic E-state index is 11.6. The van der Waals surface area contributed by atoms with Crippen molar-refractivity contribution < 1.29 is 14.3 Å². The lowest BCUT2D eigenvalue weighted by Crippen LogP contribution is -2.41. The highest BCUT2D eigenvalue weighted by Gasteiger charge is 2.27. The highest BCUT2D eigenvalue weighted by atomic mass is 16.6. The van der Waals surface area contributed by atoms with Crippen LogP contribution in [0.15, 0.2) is 0 Å². The molecule has 0 saturated heterocycles. The maximum atomic E-state index is 11.6. The molecule has 0 radical (unpaired) electrons. The molecule has 1 aliphatic carbocycles. The topological polar surface area (TPSA) is 55.4 Å². The van der Waals surface area contributed by atoms with Crippen LogP contribution in [0.3, 0.4) is 0 Å². The van der Waals surface area contributed by atoms with Crippen LogP contribution in [0, 0.1) is 5.92 Å². The van der Waals surface area contributed by atoms with Gasteiger partial charge in [0.15, 0.2) is 0 Å². The molecule has 1 aliphatic rings. The van der Waals surface area contributed by atoms with E-state index in [0.717, 1.165) is 25.7 Å². The fourth-order valence-corrected chi connectivity index (χ4v) is 2.32. The van der Waals surface area contributed by atoms with E-state index in [9.17, 15) is 9.59 Å². The van der Waals surface area contributed by atoms with Gasteiger partial charge in [-0.15, -0.1) is 0 Å². The van der Waals surface area contributed by atoms with Crippen LogP contribution in [-0.2, 0) is 9.53 Å². The van der Waals surface area contributed by atoms with E-state index in [4.69, 9.17) is 4.74 Å². The highest BCUT2D eigenvalue weighted by Crippen LogP contribution is 2.26. The lowest BCUT2D eigenvalue weighted by molar-refractivity contribution is -0.123. The zero-order valence-corrected chi connectivity index (χ0v) is 11.9. The Bertz CT molecular complexity index is 299. The summed E-state index contributed by atoms with van der Waals surface area (Å²) in [6.45, 7) is 7.46. The molecule has 1 rings (SSSR count). The van der Waals surface area contributed by atoms with E-state index < -0.39 is 5.60 Å². The van der Waals surface area contributed by atoms with Crippen LogP contribution >= 0.6 is 0 Å². The molecule has 0 atom stereocenters. The predicted octanol–water partition coefficient (Wildman–Crippen LogP) is 3.05. The average Bonchev–Trinajstić information content (AvgIpc) is 2.26. The Hall–Kier alpha value is -1.06. The molecule has 0 spiro atoms. The van der Waals surface area contributed by atoms with Crippen molar-refractivity contribution in [3.8, 4) is 0 Å². The molecule has 1 amide bonds. The van der Waals surface area contributed by atoms with Crippen LogP contribution in [0.2, 0.25) is 0 Å². The van der Waals surface area contributed by atoms with Gasteiger partial charge in [-0.1, -0.05) is 6.92 Å². The average molecular weight is 255 g/mol. The van der Waals surface area contributed by atoms with Gasteiger partial charge in [-0.3, -0.25) is 4.79 Å². The third-order valence-electron chi connectivity index (χ3n) is 3.25. The van der Waals surface area contributed by atoms with E-state index in [0.29, 0.717) is 12.2 Å². The smallest absolute Gasteiger partial charge is 0.407 e. The van der Waals surface area contributed by atoms with Gasteiger partial charge in [0.25, 0.3) is 0 Å². The Labute approximate surface area is 109 Å². The first kappa shape index (κ1) is 15.0. The van der Waals surface area contributed by atoms with Crippen LogP contribution in [0.25, 0.3) is 0 Å². The van der Waals surface area contributed by atoms with E-state index in [1.807, 2.05) is 27.7 Å². The van der Waals surface area contributed by atoms with E-state index in [-0.39, 0.29) is 18.1 Å². The minimum absolute atomic E-state index is 0.153. The first-order valence-corrected chi connectivity index (χ1v) is 6.84. The summed E-state index contributed by atoms with van der Waals surface area (Å²) >= 11 is 0. The quantitative estimate of drug-likeness (QED) is 0.843. The lowest BCUT2D eigenvalue weighted by atomic mass is 9.83. The molecule has 104 valence electrons. The summed E-state index contributed by atoms with van der Waals surface area (Å²) < 4.78 is 5.22. The molecule has 4 heteroatoms. The van der Waals surface area contributed by atoms with Gasteiger partial charge in [0.2, 0.25) is 0 Å². The number of carbonyl (C=O) groups is 2. The largest absolute Gasteiger partial charge is 0.444 e. The zero-order chi connectivity index (χ0) is 13.8. The molecule has 18 heavy (non-hydrogen) atoms. The van der Waals surface area contributed by atoms with E-state index >= 15 is 0 Å². The van der Waals surface area contributed by atoms with Gasteiger partial charge in [0.1, 0.15) is 11.4 Å². The third kappa shape index (κ3) is 5.07. The molecule has 0 aromatic carbocycles. The Morgan fingerprint density at radius 2 is 1.72 bits per heavy atom. The Balaban J connectivity index is 2.31. The van der Waals surface area contributed by atoms with Crippen molar-refractivity contribution in [1.82, 2.24) is 5.32 Å². The van der Waals surface area contributed by atoms with Crippen molar-refractivity contribution in [2.45, 2.75) is 71.4 Å². The SMILES string of the molecule is CCC(=O)[C@H]1CC[C@H](NC(=O)OC(C)(C)C)CC1. The Kier molecular flexibility index (Phi) is 5.17. The molecule has 1 N–H and O–H groups in total. The number of Topliss-reactive ketones (excluding diaryl/α,β-unsaturated/α-hetero) is 1. The monoisotopic (exact) mass is 255 g/mol. The van der Waals surface area contributed by atoms with Gasteiger partial charge in [-0.05, 0) is 46.5 Å². The Morgan fingerprint density at radius 3 is 2.17 bits per heavy atom. The summed E-state index contributed by atoms with van der Waals surface area (Å²) in [6, 6.07) is 0.153. The molecule has 1 fully saturated rings. The van der Waals surface area contributed by atoms with Crippen molar-refractivity contribution >= 4 is 11.9 Å². The number of alkyl carbamates (subject to hydrolysis) is 1. The third-order valence-corrected chi connectivity index (χ3v) is 3.25. The second-order valence-corrected chi connectivity index (χ2v) is 6.01. The molecule has 0 aromatic rings. The van der Waals surface area contributed by atoms with Crippen LogP contribution < -0.4 is 5.32 Å². The van der Waals surface area contributed by atoms with Gasteiger partial charge >= 0.3 is 6.09 Å². The number of hydrogen-bond acceptors (Lipinski definition) is 3. The lowest BCUT2D eigenvalue weighted by Gasteiger charge is -2.29. The van der Waals surface area contributed by atoms with E-state index in [1.165, 1.54) is 0 Å².